The number of benzene rings is 2. The first-order chi connectivity index (χ1) is 18.5. The van der Waals surface area contributed by atoms with Crippen molar-refractivity contribution in [1.82, 2.24) is 10.3 Å². The Hall–Kier alpha value is -3.95. The average molecular weight is 529 g/mol. The normalized spacial score (nSPS) is 18.8. The number of nitrogens with zero attached hydrogens (tertiary/aromatic N) is 2. The number of rotatable bonds is 6. The number of hydrogen-bond donors (Lipinski definition) is 3. The van der Waals surface area contributed by atoms with E-state index >= 15 is 0 Å². The van der Waals surface area contributed by atoms with Crippen molar-refractivity contribution in [3.05, 3.63) is 71.2 Å². The number of urea groups is 1. The first kappa shape index (κ1) is 24.4. The summed E-state index contributed by atoms with van der Waals surface area (Å²) in [5, 5.41) is 16.7. The van der Waals surface area contributed by atoms with Gasteiger partial charge in [0.25, 0.3) is 0 Å². The molecule has 0 radical (unpaired) electrons. The standard InChI is InChI=1S/C29H28N4O4S/c1-17-15-21(37-20-5-3-2-4-6-20)11-12-22(17)33-23-13-14-30-28-26(23)27(32-29(33)36)24(38-28)16-25(35)31-18-7-9-19(34)10-8-18/h2-6,11-15,18-19,34H,7-10,16H2,1H3,(H,31,35)(H,32,36)/t18-,19-. The molecule has 1 fully saturated rings. The van der Waals surface area contributed by atoms with Crippen molar-refractivity contribution in [1.29, 1.82) is 0 Å². The average Bonchev–Trinajstić information content (AvgIpc) is 3.24. The fraction of sp³-hybridized carbons (Fsp3) is 0.276. The summed E-state index contributed by atoms with van der Waals surface area (Å²) in [4.78, 5) is 34.1. The quantitative estimate of drug-likeness (QED) is 0.283. The van der Waals surface area contributed by atoms with E-state index in [9.17, 15) is 14.7 Å². The number of nitrogens with one attached hydrogen (secondary N) is 2. The number of amides is 3. The molecule has 1 aliphatic carbocycles. The number of pyridine rings is 1. The highest BCUT2D eigenvalue weighted by Crippen LogP contribution is 2.46. The van der Waals surface area contributed by atoms with Gasteiger partial charge >= 0.3 is 6.03 Å². The predicted molar refractivity (Wildman–Crippen MR) is 149 cm³/mol. The Kier molecular flexibility index (Phi) is 6.47. The van der Waals surface area contributed by atoms with Gasteiger partial charge in [-0.2, -0.15) is 0 Å². The number of aromatic nitrogens is 1. The molecule has 2 aliphatic rings. The minimum Gasteiger partial charge on any atom is -0.457 e. The third-order valence-corrected chi connectivity index (χ3v) is 8.19. The number of thiophene rings is 1. The first-order valence-electron chi connectivity index (χ1n) is 12.8. The van der Waals surface area contributed by atoms with Crippen LogP contribution in [0, 0.1) is 6.92 Å². The molecule has 2 aromatic carbocycles. The second-order valence-electron chi connectivity index (χ2n) is 9.79. The van der Waals surface area contributed by atoms with Gasteiger partial charge < -0.3 is 20.5 Å². The molecular formula is C29H28N4O4S. The van der Waals surface area contributed by atoms with Gasteiger partial charge in [0.15, 0.2) is 0 Å². The van der Waals surface area contributed by atoms with E-state index in [0.29, 0.717) is 24.3 Å². The number of carbonyl (C=O) groups excluding carboxylic acids is 2. The molecule has 0 spiro atoms. The number of anilines is 3. The molecule has 0 unspecified atom stereocenters. The molecule has 9 heteroatoms. The van der Waals surface area contributed by atoms with Crippen LogP contribution in [0.3, 0.4) is 0 Å². The zero-order chi connectivity index (χ0) is 26.2. The van der Waals surface area contributed by atoms with Gasteiger partial charge in [-0.3, -0.25) is 9.69 Å². The Labute approximate surface area is 224 Å². The van der Waals surface area contributed by atoms with Crippen LogP contribution in [0.1, 0.15) is 36.1 Å². The van der Waals surface area contributed by atoms with Crippen LogP contribution < -0.4 is 20.3 Å². The maximum absolute atomic E-state index is 13.5. The van der Waals surface area contributed by atoms with Crippen molar-refractivity contribution in [3.8, 4) is 11.5 Å². The molecule has 0 atom stereocenters. The highest BCUT2D eigenvalue weighted by molar-refractivity contribution is 7.19. The van der Waals surface area contributed by atoms with Gasteiger partial charge in [0.05, 0.1) is 35.0 Å². The maximum Gasteiger partial charge on any atom is 0.331 e. The van der Waals surface area contributed by atoms with Gasteiger partial charge in [0.2, 0.25) is 5.91 Å². The van der Waals surface area contributed by atoms with Gasteiger partial charge in [0, 0.05) is 17.1 Å². The number of hydrogen-bond acceptors (Lipinski definition) is 6. The lowest BCUT2D eigenvalue weighted by molar-refractivity contribution is -0.121. The van der Waals surface area contributed by atoms with Gasteiger partial charge in [-0.15, -0.1) is 11.3 Å². The van der Waals surface area contributed by atoms with Crippen molar-refractivity contribution in [2.75, 3.05) is 10.2 Å². The largest absolute Gasteiger partial charge is 0.457 e. The number of aliphatic hydroxyl groups is 1. The summed E-state index contributed by atoms with van der Waals surface area (Å²) in [7, 11) is 0. The van der Waals surface area contributed by atoms with Crippen LogP contribution in [0.5, 0.6) is 11.5 Å². The molecule has 2 aromatic heterocycles. The summed E-state index contributed by atoms with van der Waals surface area (Å²) >= 11 is 1.43. The highest BCUT2D eigenvalue weighted by atomic mass is 32.1. The van der Waals surface area contributed by atoms with E-state index in [0.717, 1.165) is 50.6 Å². The summed E-state index contributed by atoms with van der Waals surface area (Å²) in [6.45, 7) is 1.95. The Morgan fingerprint density at radius 2 is 1.89 bits per heavy atom. The van der Waals surface area contributed by atoms with E-state index in [2.05, 4.69) is 15.6 Å². The number of ether oxygens (including phenoxy) is 1. The van der Waals surface area contributed by atoms with Crippen LogP contribution >= 0.6 is 11.3 Å². The monoisotopic (exact) mass is 528 g/mol. The third kappa shape index (κ3) is 4.70. The third-order valence-electron chi connectivity index (χ3n) is 7.09. The number of aryl methyl sites for hydroxylation is 1. The molecule has 8 nitrogen and oxygen atoms in total. The second-order valence-corrected chi connectivity index (χ2v) is 10.9. The molecule has 3 heterocycles. The molecule has 4 aromatic rings. The molecule has 3 amide bonds. The lowest BCUT2D eigenvalue weighted by atomic mass is 9.93. The predicted octanol–water partition coefficient (Wildman–Crippen LogP) is 6.04. The molecule has 1 aliphatic heterocycles. The lowest BCUT2D eigenvalue weighted by Gasteiger charge is -2.30. The van der Waals surface area contributed by atoms with E-state index in [1.165, 1.54) is 11.3 Å². The van der Waals surface area contributed by atoms with Crippen LogP contribution in [0.15, 0.2) is 60.8 Å². The minimum absolute atomic E-state index is 0.0761. The topological polar surface area (TPSA) is 104 Å². The SMILES string of the molecule is Cc1cc(Oc2ccccc2)ccc1N1C(=O)Nc2c(CC(=O)N[C@H]3CC[C@H](O)CC3)sc3nccc1c23. The van der Waals surface area contributed by atoms with Gasteiger partial charge in [-0.25, -0.2) is 9.78 Å². The van der Waals surface area contributed by atoms with Crippen molar-refractivity contribution in [3.63, 3.8) is 0 Å². The van der Waals surface area contributed by atoms with Crippen LogP contribution in [-0.2, 0) is 11.2 Å². The van der Waals surface area contributed by atoms with E-state index in [1.54, 1.807) is 11.1 Å². The molecular weight excluding hydrogens is 500 g/mol. The van der Waals surface area contributed by atoms with E-state index in [4.69, 9.17) is 4.74 Å². The number of para-hydroxylation sites is 1. The second kappa shape index (κ2) is 10.1. The Balaban J connectivity index is 1.27. The number of carbonyl (C=O) groups is 2. The summed E-state index contributed by atoms with van der Waals surface area (Å²) in [6, 6.07) is 16.8. The number of aliphatic hydroxyl groups excluding tert-OH is 1. The lowest BCUT2D eigenvalue weighted by Crippen LogP contribution is -2.39. The van der Waals surface area contributed by atoms with E-state index in [1.807, 2.05) is 61.5 Å². The van der Waals surface area contributed by atoms with E-state index < -0.39 is 0 Å². The molecule has 6 rings (SSSR count). The Bertz CT molecular complexity index is 1510. The fourth-order valence-electron chi connectivity index (χ4n) is 5.22. The zero-order valence-electron chi connectivity index (χ0n) is 20.9. The molecule has 194 valence electrons. The van der Waals surface area contributed by atoms with Crippen molar-refractivity contribution in [2.45, 2.75) is 51.2 Å². The Morgan fingerprint density at radius 1 is 1.11 bits per heavy atom. The van der Waals surface area contributed by atoms with Crippen LogP contribution in [-0.4, -0.2) is 34.2 Å². The molecule has 1 saturated carbocycles. The fourth-order valence-corrected chi connectivity index (χ4v) is 6.33. The van der Waals surface area contributed by atoms with E-state index in [-0.39, 0.29) is 30.5 Å². The van der Waals surface area contributed by atoms with Gasteiger partial charge in [-0.1, -0.05) is 18.2 Å². The summed E-state index contributed by atoms with van der Waals surface area (Å²) in [6.07, 6.45) is 4.56. The molecule has 3 N–H and O–H groups in total. The first-order valence-corrected chi connectivity index (χ1v) is 13.6. The molecule has 38 heavy (non-hydrogen) atoms. The van der Waals surface area contributed by atoms with Crippen molar-refractivity contribution in [2.24, 2.45) is 0 Å². The minimum atomic E-state index is -0.286. The maximum atomic E-state index is 13.5. The Morgan fingerprint density at radius 3 is 2.66 bits per heavy atom. The van der Waals surface area contributed by atoms with Crippen LogP contribution in [0.25, 0.3) is 10.2 Å². The molecule has 0 saturated heterocycles. The van der Waals surface area contributed by atoms with Gasteiger partial charge in [-0.05, 0) is 74.6 Å². The van der Waals surface area contributed by atoms with Crippen LogP contribution in [0.4, 0.5) is 21.9 Å². The molecule has 0 bridgehead atoms. The van der Waals surface area contributed by atoms with Crippen molar-refractivity contribution < 1.29 is 19.4 Å². The van der Waals surface area contributed by atoms with Gasteiger partial charge in [0.1, 0.15) is 16.3 Å². The van der Waals surface area contributed by atoms with Crippen LogP contribution in [0.2, 0.25) is 0 Å². The smallest absolute Gasteiger partial charge is 0.331 e. The van der Waals surface area contributed by atoms with Crippen molar-refractivity contribution >= 4 is 50.6 Å². The highest BCUT2D eigenvalue weighted by Gasteiger charge is 2.32. The summed E-state index contributed by atoms with van der Waals surface area (Å²) in [5.74, 6) is 1.34. The summed E-state index contributed by atoms with van der Waals surface area (Å²) < 4.78 is 5.96. The zero-order valence-corrected chi connectivity index (χ0v) is 21.8. The summed E-state index contributed by atoms with van der Waals surface area (Å²) in [5.41, 5.74) is 3.02.